The van der Waals surface area contributed by atoms with E-state index in [2.05, 4.69) is 34.3 Å². The number of hydrogen-bond donors (Lipinski definition) is 2. The lowest BCUT2D eigenvalue weighted by molar-refractivity contribution is -0.120. The summed E-state index contributed by atoms with van der Waals surface area (Å²) in [5.74, 6) is 0.768. The van der Waals surface area contributed by atoms with Crippen molar-refractivity contribution >= 4 is 29.2 Å². The molecule has 1 saturated carbocycles. The van der Waals surface area contributed by atoms with Crippen molar-refractivity contribution in [3.05, 3.63) is 54.4 Å². The van der Waals surface area contributed by atoms with Crippen molar-refractivity contribution in [1.29, 1.82) is 0 Å². The van der Waals surface area contributed by atoms with Crippen LogP contribution in [0.5, 0.6) is 0 Å². The average molecular weight is 422 g/mol. The summed E-state index contributed by atoms with van der Waals surface area (Å²) in [4.78, 5) is 42.8. The number of hydrogen-bond acceptors (Lipinski definition) is 4. The van der Waals surface area contributed by atoms with Gasteiger partial charge in [0, 0.05) is 44.6 Å². The van der Waals surface area contributed by atoms with Crippen molar-refractivity contribution in [2.24, 2.45) is 5.92 Å². The minimum atomic E-state index is -0.220. The quantitative estimate of drug-likeness (QED) is 0.530. The molecule has 162 valence electrons. The first kappa shape index (κ1) is 20.8. The van der Waals surface area contributed by atoms with E-state index in [-0.39, 0.29) is 24.1 Å². The van der Waals surface area contributed by atoms with Crippen LogP contribution >= 0.6 is 0 Å². The molecule has 8 nitrogen and oxygen atoms in total. The van der Waals surface area contributed by atoms with E-state index in [1.165, 1.54) is 5.57 Å². The Morgan fingerprint density at radius 1 is 1.32 bits per heavy atom. The summed E-state index contributed by atoms with van der Waals surface area (Å²) in [5, 5.41) is 5.68. The first-order valence-corrected chi connectivity index (χ1v) is 10.7. The zero-order valence-electron chi connectivity index (χ0n) is 17.5. The molecular weight excluding hydrogens is 394 g/mol. The van der Waals surface area contributed by atoms with E-state index in [0.29, 0.717) is 49.1 Å². The molecule has 2 aromatic rings. The standard InChI is InChI=1S/C23H27N5O3/c1-16-14-17(16)6-3-2-4-9-22(30)26-20-8-5-7-19-25-18(15-28(19)20)23(31)27-12-10-21(29)24-11-13-27/h3,5-8,15,17H,1-2,4,9-14H2,(H,24,29)(H,26,30)/b6-3-. The van der Waals surface area contributed by atoms with Gasteiger partial charge in [0.15, 0.2) is 0 Å². The SMILES string of the molecule is C=C1CC1/C=C\CCCC(=O)Nc1cccc2nc(C(=O)N3CCNC(=O)CC3)cn12. The summed E-state index contributed by atoms with van der Waals surface area (Å²) in [7, 11) is 0. The zero-order chi connectivity index (χ0) is 21.8. The van der Waals surface area contributed by atoms with Crippen LogP contribution in [0.1, 0.15) is 42.6 Å². The molecule has 0 bridgehead atoms. The first-order chi connectivity index (χ1) is 15.0. The number of fused-ring (bicyclic) bond motifs is 1. The van der Waals surface area contributed by atoms with Crippen molar-refractivity contribution in [2.75, 3.05) is 25.0 Å². The molecule has 31 heavy (non-hydrogen) atoms. The van der Waals surface area contributed by atoms with Gasteiger partial charge in [-0.25, -0.2) is 4.98 Å². The van der Waals surface area contributed by atoms with Crippen LogP contribution < -0.4 is 10.6 Å². The molecule has 3 heterocycles. The molecule has 1 unspecified atom stereocenters. The van der Waals surface area contributed by atoms with Gasteiger partial charge < -0.3 is 15.5 Å². The van der Waals surface area contributed by atoms with E-state index in [0.717, 1.165) is 19.3 Å². The molecule has 3 amide bonds. The lowest BCUT2D eigenvalue weighted by Crippen LogP contribution is -2.34. The van der Waals surface area contributed by atoms with Crippen LogP contribution in [-0.2, 0) is 9.59 Å². The van der Waals surface area contributed by atoms with Crippen molar-refractivity contribution < 1.29 is 14.4 Å². The minimum absolute atomic E-state index is 0.0521. The van der Waals surface area contributed by atoms with Gasteiger partial charge in [0.05, 0.1) is 0 Å². The Hall–Kier alpha value is -3.42. The number of rotatable bonds is 7. The topological polar surface area (TPSA) is 95.8 Å². The number of unbranched alkanes of at least 4 members (excludes halogenated alkanes) is 1. The number of imidazole rings is 1. The predicted molar refractivity (Wildman–Crippen MR) is 118 cm³/mol. The first-order valence-electron chi connectivity index (χ1n) is 10.7. The van der Waals surface area contributed by atoms with Crippen molar-refractivity contribution in [3.8, 4) is 0 Å². The molecule has 1 aliphatic carbocycles. The second kappa shape index (κ2) is 9.16. The molecular formula is C23H27N5O3. The van der Waals surface area contributed by atoms with E-state index < -0.39 is 0 Å². The van der Waals surface area contributed by atoms with Gasteiger partial charge in [-0.2, -0.15) is 0 Å². The van der Waals surface area contributed by atoms with Crippen molar-refractivity contribution in [3.63, 3.8) is 0 Å². The lowest BCUT2D eigenvalue weighted by Gasteiger charge is -2.17. The molecule has 1 atom stereocenters. The van der Waals surface area contributed by atoms with Crippen LogP contribution in [0, 0.1) is 5.92 Å². The van der Waals surface area contributed by atoms with E-state index in [9.17, 15) is 14.4 Å². The number of allylic oxidation sites excluding steroid dienone is 3. The summed E-state index contributed by atoms with van der Waals surface area (Å²) >= 11 is 0. The lowest BCUT2D eigenvalue weighted by atomic mass is 10.2. The molecule has 0 radical (unpaired) electrons. The number of nitrogens with one attached hydrogen (secondary N) is 2. The number of carbonyl (C=O) groups is 3. The normalized spacial score (nSPS) is 18.8. The number of carbonyl (C=O) groups excluding carboxylic acids is 3. The van der Waals surface area contributed by atoms with Gasteiger partial charge in [0.2, 0.25) is 11.8 Å². The van der Waals surface area contributed by atoms with Crippen molar-refractivity contribution in [2.45, 2.75) is 32.1 Å². The Bertz CT molecular complexity index is 1050. The van der Waals surface area contributed by atoms with Gasteiger partial charge in [-0.1, -0.05) is 30.4 Å². The molecule has 2 fully saturated rings. The summed E-state index contributed by atoms with van der Waals surface area (Å²) in [6.45, 7) is 5.18. The highest BCUT2D eigenvalue weighted by molar-refractivity contribution is 5.94. The highest BCUT2D eigenvalue weighted by atomic mass is 16.2. The Morgan fingerprint density at radius 3 is 2.97 bits per heavy atom. The highest BCUT2D eigenvalue weighted by Gasteiger charge is 2.23. The maximum absolute atomic E-state index is 12.8. The van der Waals surface area contributed by atoms with Crippen LogP contribution in [0.2, 0.25) is 0 Å². The van der Waals surface area contributed by atoms with Gasteiger partial charge in [-0.05, 0) is 31.4 Å². The Morgan fingerprint density at radius 2 is 2.16 bits per heavy atom. The van der Waals surface area contributed by atoms with Crippen LogP contribution in [0.15, 0.2) is 48.7 Å². The molecule has 1 aliphatic heterocycles. The van der Waals surface area contributed by atoms with Gasteiger partial charge in [0.1, 0.15) is 17.2 Å². The number of aromatic nitrogens is 2. The summed E-state index contributed by atoms with van der Waals surface area (Å²) in [6, 6.07) is 5.37. The Kier molecular flexibility index (Phi) is 6.16. The van der Waals surface area contributed by atoms with Crippen LogP contribution in [0.25, 0.3) is 5.65 Å². The fraction of sp³-hybridized carbons (Fsp3) is 0.391. The monoisotopic (exact) mass is 421 g/mol. The molecule has 8 heteroatoms. The molecule has 0 spiro atoms. The van der Waals surface area contributed by atoms with E-state index in [4.69, 9.17) is 0 Å². The number of nitrogens with zero attached hydrogens (tertiary/aromatic N) is 3. The van der Waals surface area contributed by atoms with E-state index in [1.54, 1.807) is 33.7 Å². The van der Waals surface area contributed by atoms with E-state index >= 15 is 0 Å². The third-order valence-corrected chi connectivity index (χ3v) is 5.57. The van der Waals surface area contributed by atoms with Gasteiger partial charge in [-0.3, -0.25) is 18.8 Å². The van der Waals surface area contributed by atoms with Crippen molar-refractivity contribution in [1.82, 2.24) is 19.6 Å². The largest absolute Gasteiger partial charge is 0.354 e. The maximum atomic E-state index is 12.8. The second-order valence-corrected chi connectivity index (χ2v) is 7.99. The fourth-order valence-corrected chi connectivity index (χ4v) is 3.62. The van der Waals surface area contributed by atoms with Crippen LogP contribution in [0.3, 0.4) is 0 Å². The number of anilines is 1. The zero-order valence-corrected chi connectivity index (χ0v) is 17.5. The second-order valence-electron chi connectivity index (χ2n) is 7.99. The fourth-order valence-electron chi connectivity index (χ4n) is 3.62. The van der Waals surface area contributed by atoms with Gasteiger partial charge in [-0.15, -0.1) is 0 Å². The van der Waals surface area contributed by atoms with Gasteiger partial charge in [0.25, 0.3) is 5.91 Å². The van der Waals surface area contributed by atoms with Gasteiger partial charge >= 0.3 is 0 Å². The third kappa shape index (κ3) is 5.20. The molecule has 2 aliphatic rings. The highest BCUT2D eigenvalue weighted by Crippen LogP contribution is 2.36. The Labute approximate surface area is 181 Å². The smallest absolute Gasteiger partial charge is 0.274 e. The third-order valence-electron chi connectivity index (χ3n) is 5.57. The molecule has 0 aromatic carbocycles. The Balaban J connectivity index is 1.37. The maximum Gasteiger partial charge on any atom is 0.274 e. The number of amides is 3. The minimum Gasteiger partial charge on any atom is -0.354 e. The molecule has 1 saturated heterocycles. The molecule has 2 N–H and O–H groups in total. The van der Waals surface area contributed by atoms with E-state index in [1.807, 2.05) is 0 Å². The molecule has 2 aromatic heterocycles. The molecule has 4 rings (SSSR count). The summed E-state index contributed by atoms with van der Waals surface area (Å²) in [5.41, 5.74) is 2.15. The summed E-state index contributed by atoms with van der Waals surface area (Å²) in [6.07, 6.45) is 9.34. The van der Waals surface area contributed by atoms with Crippen LogP contribution in [0.4, 0.5) is 5.82 Å². The van der Waals surface area contributed by atoms with Crippen LogP contribution in [-0.4, -0.2) is 51.6 Å². The summed E-state index contributed by atoms with van der Waals surface area (Å²) < 4.78 is 1.71. The average Bonchev–Trinajstić information content (AvgIpc) is 3.34. The number of pyridine rings is 1. The predicted octanol–water partition coefficient (Wildman–Crippen LogP) is 2.54.